The van der Waals surface area contributed by atoms with E-state index in [4.69, 9.17) is 4.42 Å². The predicted octanol–water partition coefficient (Wildman–Crippen LogP) is 3.09. The van der Waals surface area contributed by atoms with E-state index in [2.05, 4.69) is 16.0 Å². The van der Waals surface area contributed by atoms with Gasteiger partial charge in [-0.3, -0.25) is 9.78 Å². The van der Waals surface area contributed by atoms with Crippen molar-refractivity contribution in [2.75, 3.05) is 20.6 Å². The Kier molecular flexibility index (Phi) is 4.01. The maximum atomic E-state index is 12.8. The molecule has 128 valence electrons. The third kappa shape index (κ3) is 3.03. The summed E-state index contributed by atoms with van der Waals surface area (Å²) in [5, 5.41) is 1.11. The topological polar surface area (TPSA) is 49.6 Å². The summed E-state index contributed by atoms with van der Waals surface area (Å²) in [5.74, 6) is 1.03. The molecule has 0 unspecified atom stereocenters. The highest BCUT2D eigenvalue weighted by atomic mass is 16.3. The van der Waals surface area contributed by atoms with Crippen molar-refractivity contribution in [1.29, 1.82) is 0 Å². The van der Waals surface area contributed by atoms with Crippen LogP contribution in [0.25, 0.3) is 11.0 Å². The van der Waals surface area contributed by atoms with Crippen LogP contribution >= 0.6 is 0 Å². The van der Waals surface area contributed by atoms with E-state index in [0.717, 1.165) is 41.0 Å². The van der Waals surface area contributed by atoms with Crippen LogP contribution in [0.1, 0.15) is 27.4 Å². The molecule has 5 nitrogen and oxygen atoms in total. The number of furan rings is 1. The SMILES string of the molecule is CN(C)Cc1ccc(C(=O)N2CCc3oc4ccccc4c3C2)cn1. The highest BCUT2D eigenvalue weighted by Crippen LogP contribution is 2.30. The fourth-order valence-corrected chi connectivity index (χ4v) is 3.36. The number of pyridine rings is 1. The van der Waals surface area contributed by atoms with Gasteiger partial charge in [-0.15, -0.1) is 0 Å². The molecule has 0 aliphatic carbocycles. The molecule has 0 N–H and O–H groups in total. The van der Waals surface area contributed by atoms with Gasteiger partial charge in [0.15, 0.2) is 0 Å². The summed E-state index contributed by atoms with van der Waals surface area (Å²) in [6, 6.07) is 11.8. The molecule has 25 heavy (non-hydrogen) atoms. The first kappa shape index (κ1) is 15.8. The average molecular weight is 335 g/mol. The number of hydrogen-bond acceptors (Lipinski definition) is 4. The van der Waals surface area contributed by atoms with E-state index in [0.29, 0.717) is 18.7 Å². The Morgan fingerprint density at radius 2 is 2.08 bits per heavy atom. The lowest BCUT2D eigenvalue weighted by Gasteiger charge is -2.26. The van der Waals surface area contributed by atoms with Crippen molar-refractivity contribution >= 4 is 16.9 Å². The molecule has 1 amide bonds. The summed E-state index contributed by atoms with van der Waals surface area (Å²) in [4.78, 5) is 21.2. The van der Waals surface area contributed by atoms with Crippen molar-refractivity contribution in [3.8, 4) is 0 Å². The summed E-state index contributed by atoms with van der Waals surface area (Å²) in [5.41, 5.74) is 3.63. The van der Waals surface area contributed by atoms with E-state index < -0.39 is 0 Å². The number of benzene rings is 1. The zero-order valence-electron chi connectivity index (χ0n) is 14.5. The second-order valence-corrected chi connectivity index (χ2v) is 6.75. The van der Waals surface area contributed by atoms with E-state index in [1.54, 1.807) is 6.20 Å². The number of aromatic nitrogens is 1. The monoisotopic (exact) mass is 335 g/mol. The van der Waals surface area contributed by atoms with E-state index in [1.807, 2.05) is 49.3 Å². The molecule has 0 atom stereocenters. The number of para-hydroxylation sites is 1. The summed E-state index contributed by atoms with van der Waals surface area (Å²) < 4.78 is 5.92. The van der Waals surface area contributed by atoms with Gasteiger partial charge in [-0.2, -0.15) is 0 Å². The van der Waals surface area contributed by atoms with Crippen LogP contribution < -0.4 is 0 Å². The molecule has 0 radical (unpaired) electrons. The Hall–Kier alpha value is -2.66. The van der Waals surface area contributed by atoms with E-state index in [-0.39, 0.29) is 5.91 Å². The lowest BCUT2D eigenvalue weighted by Crippen LogP contribution is -2.35. The summed E-state index contributed by atoms with van der Waals surface area (Å²) in [6.45, 7) is 2.03. The summed E-state index contributed by atoms with van der Waals surface area (Å²) in [6.07, 6.45) is 2.44. The minimum atomic E-state index is 0.0276. The van der Waals surface area contributed by atoms with Crippen LogP contribution in [0.15, 0.2) is 47.0 Å². The van der Waals surface area contributed by atoms with Gasteiger partial charge in [0.05, 0.1) is 17.8 Å². The largest absolute Gasteiger partial charge is 0.461 e. The van der Waals surface area contributed by atoms with Crippen molar-refractivity contribution in [3.05, 3.63) is 65.2 Å². The molecule has 1 aliphatic heterocycles. The van der Waals surface area contributed by atoms with Crippen LogP contribution in [-0.4, -0.2) is 41.3 Å². The van der Waals surface area contributed by atoms with Crippen LogP contribution in [0.2, 0.25) is 0 Å². The van der Waals surface area contributed by atoms with Crippen LogP contribution in [-0.2, 0) is 19.5 Å². The van der Waals surface area contributed by atoms with Gasteiger partial charge in [-0.05, 0) is 32.3 Å². The zero-order chi connectivity index (χ0) is 17.4. The van der Waals surface area contributed by atoms with E-state index in [1.165, 1.54) is 0 Å². The number of carbonyl (C=O) groups excluding carboxylic acids is 1. The van der Waals surface area contributed by atoms with Crippen LogP contribution in [0.5, 0.6) is 0 Å². The third-order valence-electron chi connectivity index (χ3n) is 4.58. The number of rotatable bonds is 3. The standard InChI is InChI=1S/C20H21N3O2/c1-22(2)12-15-8-7-14(11-21-15)20(24)23-10-9-19-17(13-23)16-5-3-4-6-18(16)25-19/h3-8,11H,9-10,12-13H2,1-2H3. The molecular formula is C20H21N3O2. The maximum absolute atomic E-state index is 12.8. The number of amides is 1. The first-order valence-electron chi connectivity index (χ1n) is 8.50. The van der Waals surface area contributed by atoms with Gasteiger partial charge in [0, 0.05) is 36.7 Å². The maximum Gasteiger partial charge on any atom is 0.255 e. The van der Waals surface area contributed by atoms with Crippen molar-refractivity contribution in [2.45, 2.75) is 19.5 Å². The van der Waals surface area contributed by atoms with Crippen LogP contribution in [0, 0.1) is 0 Å². The van der Waals surface area contributed by atoms with Gasteiger partial charge in [-0.1, -0.05) is 18.2 Å². The molecule has 3 aromatic rings. The second-order valence-electron chi connectivity index (χ2n) is 6.75. The smallest absolute Gasteiger partial charge is 0.255 e. The number of carbonyl (C=O) groups is 1. The van der Waals surface area contributed by atoms with Gasteiger partial charge in [0.25, 0.3) is 5.91 Å². The lowest BCUT2D eigenvalue weighted by atomic mass is 10.0. The third-order valence-corrected chi connectivity index (χ3v) is 4.58. The van der Waals surface area contributed by atoms with Crippen molar-refractivity contribution in [3.63, 3.8) is 0 Å². The molecule has 0 spiro atoms. The van der Waals surface area contributed by atoms with Crippen LogP contribution in [0.4, 0.5) is 0 Å². The highest BCUT2D eigenvalue weighted by Gasteiger charge is 2.26. The second kappa shape index (κ2) is 6.33. The minimum Gasteiger partial charge on any atom is -0.461 e. The summed E-state index contributed by atoms with van der Waals surface area (Å²) >= 11 is 0. The molecule has 5 heteroatoms. The van der Waals surface area contributed by atoms with Gasteiger partial charge < -0.3 is 14.2 Å². The van der Waals surface area contributed by atoms with Crippen molar-refractivity contribution in [1.82, 2.24) is 14.8 Å². The predicted molar refractivity (Wildman–Crippen MR) is 96.3 cm³/mol. The van der Waals surface area contributed by atoms with Gasteiger partial charge >= 0.3 is 0 Å². The minimum absolute atomic E-state index is 0.0276. The number of nitrogens with zero attached hydrogens (tertiary/aromatic N) is 3. The summed E-state index contributed by atoms with van der Waals surface area (Å²) in [7, 11) is 4.00. The normalized spacial score (nSPS) is 14.1. The Labute approximate surface area is 146 Å². The molecule has 1 aliphatic rings. The van der Waals surface area contributed by atoms with E-state index >= 15 is 0 Å². The molecule has 1 aromatic carbocycles. The first-order valence-corrected chi connectivity index (χ1v) is 8.50. The fourth-order valence-electron chi connectivity index (χ4n) is 3.36. The van der Waals surface area contributed by atoms with Crippen molar-refractivity contribution < 1.29 is 9.21 Å². The molecule has 0 bridgehead atoms. The van der Waals surface area contributed by atoms with Crippen molar-refractivity contribution in [2.24, 2.45) is 0 Å². The molecule has 0 saturated carbocycles. The average Bonchev–Trinajstić information content (AvgIpc) is 2.99. The highest BCUT2D eigenvalue weighted by molar-refractivity contribution is 5.94. The molecule has 2 aromatic heterocycles. The Bertz CT molecular complexity index is 912. The molecular weight excluding hydrogens is 314 g/mol. The number of fused-ring (bicyclic) bond motifs is 3. The van der Waals surface area contributed by atoms with Gasteiger partial charge in [0.2, 0.25) is 0 Å². The molecule has 3 heterocycles. The van der Waals surface area contributed by atoms with E-state index in [9.17, 15) is 4.79 Å². The first-order chi connectivity index (χ1) is 12.1. The number of hydrogen-bond donors (Lipinski definition) is 0. The van der Waals surface area contributed by atoms with Gasteiger partial charge in [0.1, 0.15) is 11.3 Å². The van der Waals surface area contributed by atoms with Gasteiger partial charge in [-0.25, -0.2) is 0 Å². The Morgan fingerprint density at radius 3 is 2.84 bits per heavy atom. The molecule has 0 fully saturated rings. The van der Waals surface area contributed by atoms with Crippen LogP contribution in [0.3, 0.4) is 0 Å². The fraction of sp³-hybridized carbons (Fsp3) is 0.300. The Balaban J connectivity index is 1.55. The molecule has 4 rings (SSSR count). The Morgan fingerprint density at radius 1 is 1.24 bits per heavy atom. The molecule has 0 saturated heterocycles. The lowest BCUT2D eigenvalue weighted by molar-refractivity contribution is 0.0730. The zero-order valence-corrected chi connectivity index (χ0v) is 14.5. The quantitative estimate of drug-likeness (QED) is 0.738.